The Labute approximate surface area is 109 Å². The lowest BCUT2D eigenvalue weighted by atomic mass is 10.2. The summed E-state index contributed by atoms with van der Waals surface area (Å²) < 4.78 is 5.34. The highest BCUT2D eigenvalue weighted by atomic mass is 16.5. The summed E-state index contributed by atoms with van der Waals surface area (Å²) in [5.74, 6) is -0.0734. The zero-order valence-electron chi connectivity index (χ0n) is 11.1. The smallest absolute Gasteiger partial charge is 0.246 e. The van der Waals surface area contributed by atoms with Gasteiger partial charge in [-0.2, -0.15) is 0 Å². The molecule has 0 aromatic heterocycles. The van der Waals surface area contributed by atoms with Crippen molar-refractivity contribution in [1.29, 1.82) is 0 Å². The number of ether oxygens (including phenoxy) is 1. The Hall–Kier alpha value is -1.39. The second kappa shape index (κ2) is 8.66. The lowest BCUT2D eigenvalue weighted by molar-refractivity contribution is -0.126. The lowest BCUT2D eigenvalue weighted by Crippen LogP contribution is -2.40. The molecule has 1 atom stereocenters. The Morgan fingerprint density at radius 1 is 1.33 bits per heavy atom. The number of amides is 1. The highest BCUT2D eigenvalue weighted by molar-refractivity contribution is 5.77. The third-order valence-corrected chi connectivity index (χ3v) is 2.50. The van der Waals surface area contributed by atoms with E-state index in [1.807, 2.05) is 44.2 Å². The van der Waals surface area contributed by atoms with Crippen molar-refractivity contribution >= 4 is 5.91 Å². The van der Waals surface area contributed by atoms with Crippen LogP contribution in [0.3, 0.4) is 0 Å². The van der Waals surface area contributed by atoms with Crippen molar-refractivity contribution in [2.45, 2.75) is 26.5 Å². The van der Waals surface area contributed by atoms with E-state index in [4.69, 9.17) is 4.74 Å². The van der Waals surface area contributed by atoms with Gasteiger partial charge >= 0.3 is 0 Å². The molecular formula is C14H22N2O2. The molecule has 0 heterocycles. The standard InChI is InChI=1S/C14H22N2O2/c1-3-15-12(2)9-16-14(17)11-18-10-13-7-5-4-6-8-13/h4-8,12,15H,3,9-11H2,1-2H3,(H,16,17)/t12-/m1/s1. The summed E-state index contributed by atoms with van der Waals surface area (Å²) in [4.78, 5) is 11.5. The first-order valence-corrected chi connectivity index (χ1v) is 6.34. The van der Waals surface area contributed by atoms with Crippen molar-refractivity contribution in [3.05, 3.63) is 35.9 Å². The fourth-order valence-corrected chi connectivity index (χ4v) is 1.57. The quantitative estimate of drug-likeness (QED) is 0.731. The Balaban J connectivity index is 2.10. The molecule has 0 fully saturated rings. The van der Waals surface area contributed by atoms with E-state index in [9.17, 15) is 4.79 Å². The third-order valence-electron chi connectivity index (χ3n) is 2.50. The van der Waals surface area contributed by atoms with Crippen LogP contribution in [-0.2, 0) is 16.1 Å². The van der Waals surface area contributed by atoms with Gasteiger partial charge in [0.15, 0.2) is 0 Å². The number of hydrogen-bond donors (Lipinski definition) is 2. The first-order valence-electron chi connectivity index (χ1n) is 6.34. The van der Waals surface area contributed by atoms with Gasteiger partial charge in [-0.1, -0.05) is 37.3 Å². The lowest BCUT2D eigenvalue weighted by Gasteiger charge is -2.13. The maximum atomic E-state index is 11.5. The van der Waals surface area contributed by atoms with E-state index in [0.717, 1.165) is 12.1 Å². The third kappa shape index (κ3) is 6.37. The Morgan fingerprint density at radius 2 is 2.06 bits per heavy atom. The average molecular weight is 250 g/mol. The summed E-state index contributed by atoms with van der Waals surface area (Å²) >= 11 is 0. The Kier molecular flexibility index (Phi) is 7.06. The largest absolute Gasteiger partial charge is 0.367 e. The molecule has 2 N–H and O–H groups in total. The van der Waals surface area contributed by atoms with E-state index in [0.29, 0.717) is 13.2 Å². The van der Waals surface area contributed by atoms with Gasteiger partial charge in [0.2, 0.25) is 5.91 Å². The highest BCUT2D eigenvalue weighted by Gasteiger charge is 2.04. The Bertz CT molecular complexity index is 341. The molecule has 1 aromatic rings. The van der Waals surface area contributed by atoms with Crippen molar-refractivity contribution in [2.75, 3.05) is 19.7 Å². The van der Waals surface area contributed by atoms with Crippen LogP contribution in [0.4, 0.5) is 0 Å². The molecule has 0 aliphatic heterocycles. The SMILES string of the molecule is CCN[C@H](C)CNC(=O)COCc1ccccc1. The predicted octanol–water partition coefficient (Wildman–Crippen LogP) is 1.32. The van der Waals surface area contributed by atoms with E-state index in [2.05, 4.69) is 10.6 Å². The van der Waals surface area contributed by atoms with Crippen molar-refractivity contribution in [2.24, 2.45) is 0 Å². The molecule has 100 valence electrons. The van der Waals surface area contributed by atoms with Gasteiger partial charge in [0.05, 0.1) is 6.61 Å². The summed E-state index contributed by atoms with van der Waals surface area (Å²) in [5, 5.41) is 6.05. The summed E-state index contributed by atoms with van der Waals surface area (Å²) in [5.41, 5.74) is 1.08. The van der Waals surface area contributed by atoms with Gasteiger partial charge in [-0.05, 0) is 19.0 Å². The number of carbonyl (C=O) groups is 1. The van der Waals surface area contributed by atoms with E-state index < -0.39 is 0 Å². The molecule has 0 spiro atoms. The predicted molar refractivity (Wildman–Crippen MR) is 72.2 cm³/mol. The molecule has 0 radical (unpaired) electrons. The first kappa shape index (κ1) is 14.7. The number of hydrogen-bond acceptors (Lipinski definition) is 3. The van der Waals surface area contributed by atoms with E-state index in [1.54, 1.807) is 0 Å². The number of nitrogens with one attached hydrogen (secondary N) is 2. The summed E-state index contributed by atoms with van der Waals surface area (Å²) in [6.07, 6.45) is 0. The van der Waals surface area contributed by atoms with Crippen LogP contribution in [0, 0.1) is 0 Å². The number of carbonyl (C=O) groups excluding carboxylic acids is 1. The van der Waals surface area contributed by atoms with Crippen LogP contribution in [0.1, 0.15) is 19.4 Å². The minimum atomic E-state index is -0.0734. The number of likely N-dealkylation sites (N-methyl/N-ethyl adjacent to an activating group) is 1. The van der Waals surface area contributed by atoms with Crippen LogP contribution in [0.5, 0.6) is 0 Å². The van der Waals surface area contributed by atoms with Gasteiger partial charge in [0.1, 0.15) is 6.61 Å². The Morgan fingerprint density at radius 3 is 2.72 bits per heavy atom. The molecule has 4 nitrogen and oxygen atoms in total. The van der Waals surface area contributed by atoms with Crippen molar-refractivity contribution < 1.29 is 9.53 Å². The second-order valence-corrected chi connectivity index (χ2v) is 4.24. The molecule has 0 bridgehead atoms. The fraction of sp³-hybridized carbons (Fsp3) is 0.500. The molecule has 0 aliphatic rings. The van der Waals surface area contributed by atoms with Crippen LogP contribution in [0.15, 0.2) is 30.3 Å². The van der Waals surface area contributed by atoms with Crippen LogP contribution in [0.25, 0.3) is 0 Å². The average Bonchev–Trinajstić information content (AvgIpc) is 2.38. The molecule has 0 saturated carbocycles. The molecular weight excluding hydrogens is 228 g/mol. The summed E-state index contributed by atoms with van der Waals surface area (Å²) in [6.45, 7) is 6.18. The molecule has 0 saturated heterocycles. The minimum absolute atomic E-state index is 0.0734. The fourth-order valence-electron chi connectivity index (χ4n) is 1.57. The first-order chi connectivity index (χ1) is 8.72. The van der Waals surface area contributed by atoms with Crippen LogP contribution >= 0.6 is 0 Å². The molecule has 1 rings (SSSR count). The monoisotopic (exact) mass is 250 g/mol. The second-order valence-electron chi connectivity index (χ2n) is 4.24. The van der Waals surface area contributed by atoms with E-state index in [1.165, 1.54) is 0 Å². The van der Waals surface area contributed by atoms with Crippen molar-refractivity contribution in [1.82, 2.24) is 10.6 Å². The topological polar surface area (TPSA) is 50.4 Å². The maximum absolute atomic E-state index is 11.5. The molecule has 18 heavy (non-hydrogen) atoms. The van der Waals surface area contributed by atoms with Gasteiger partial charge in [-0.3, -0.25) is 4.79 Å². The van der Waals surface area contributed by atoms with Crippen LogP contribution in [-0.4, -0.2) is 31.6 Å². The van der Waals surface area contributed by atoms with Crippen molar-refractivity contribution in [3.8, 4) is 0 Å². The maximum Gasteiger partial charge on any atom is 0.246 e. The zero-order chi connectivity index (χ0) is 13.2. The molecule has 4 heteroatoms. The van der Waals surface area contributed by atoms with Gasteiger partial charge < -0.3 is 15.4 Å². The summed E-state index contributed by atoms with van der Waals surface area (Å²) in [6, 6.07) is 10.1. The molecule has 0 aliphatic carbocycles. The van der Waals surface area contributed by atoms with Gasteiger partial charge in [0, 0.05) is 12.6 Å². The van der Waals surface area contributed by atoms with Gasteiger partial charge in [0.25, 0.3) is 0 Å². The van der Waals surface area contributed by atoms with Gasteiger partial charge in [-0.15, -0.1) is 0 Å². The summed E-state index contributed by atoms with van der Waals surface area (Å²) in [7, 11) is 0. The number of benzene rings is 1. The normalized spacial score (nSPS) is 12.1. The highest BCUT2D eigenvalue weighted by Crippen LogP contribution is 1.99. The number of rotatable bonds is 8. The molecule has 0 unspecified atom stereocenters. The molecule has 1 amide bonds. The van der Waals surface area contributed by atoms with E-state index >= 15 is 0 Å². The van der Waals surface area contributed by atoms with Crippen LogP contribution in [0.2, 0.25) is 0 Å². The minimum Gasteiger partial charge on any atom is -0.367 e. The van der Waals surface area contributed by atoms with Crippen LogP contribution < -0.4 is 10.6 Å². The van der Waals surface area contributed by atoms with Crippen molar-refractivity contribution in [3.63, 3.8) is 0 Å². The zero-order valence-corrected chi connectivity index (χ0v) is 11.1. The van der Waals surface area contributed by atoms with E-state index in [-0.39, 0.29) is 18.6 Å². The van der Waals surface area contributed by atoms with Gasteiger partial charge in [-0.25, -0.2) is 0 Å². The molecule has 1 aromatic carbocycles.